The Bertz CT molecular complexity index is 157. The molecule has 0 spiro atoms. The van der Waals surface area contributed by atoms with Crippen LogP contribution in [-0.4, -0.2) is 10.2 Å². The highest BCUT2D eigenvalue weighted by molar-refractivity contribution is 5.02. The number of hydrogen-bond donors (Lipinski definition) is 2. The third-order valence-electron chi connectivity index (χ3n) is 1.36. The van der Waals surface area contributed by atoms with Gasteiger partial charge in [0.1, 0.15) is 0 Å². The zero-order chi connectivity index (χ0) is 6.69. The summed E-state index contributed by atoms with van der Waals surface area (Å²) in [4.78, 5) is 0. The van der Waals surface area contributed by atoms with Crippen molar-refractivity contribution in [3.8, 4) is 0 Å². The van der Waals surface area contributed by atoms with Crippen LogP contribution in [0.5, 0.6) is 0 Å². The first kappa shape index (κ1) is 6.29. The molecule has 0 radical (unpaired) electrons. The lowest BCUT2D eigenvalue weighted by Crippen LogP contribution is -2.08. The van der Waals surface area contributed by atoms with E-state index in [0.717, 1.165) is 12.1 Å². The lowest BCUT2D eigenvalue weighted by atomic mass is 10.2. The fourth-order valence-corrected chi connectivity index (χ4v) is 0.693. The second kappa shape index (κ2) is 2.64. The maximum absolute atomic E-state index is 5.67. The maximum atomic E-state index is 5.67. The molecule has 0 saturated heterocycles. The van der Waals surface area contributed by atoms with E-state index in [1.165, 1.54) is 0 Å². The van der Waals surface area contributed by atoms with Crippen LogP contribution in [0.1, 0.15) is 25.1 Å². The average Bonchev–Trinajstić information content (AvgIpc) is 2.37. The highest BCUT2D eigenvalue weighted by Gasteiger charge is 2.01. The van der Waals surface area contributed by atoms with E-state index in [9.17, 15) is 0 Å². The molecule has 1 aromatic rings. The molecule has 50 valence electrons. The van der Waals surface area contributed by atoms with Crippen LogP contribution in [0.25, 0.3) is 0 Å². The van der Waals surface area contributed by atoms with Gasteiger partial charge in [-0.1, -0.05) is 6.92 Å². The third kappa shape index (κ3) is 1.29. The molecule has 9 heavy (non-hydrogen) atoms. The molecule has 0 aromatic carbocycles. The molecule has 1 heterocycles. The van der Waals surface area contributed by atoms with Gasteiger partial charge in [-0.3, -0.25) is 5.10 Å². The Labute approximate surface area is 54.3 Å². The molecule has 1 rings (SSSR count). The number of aromatic amines is 1. The highest BCUT2D eigenvalue weighted by atomic mass is 15.1. The second-order valence-electron chi connectivity index (χ2n) is 2.03. The molecule has 0 aliphatic carbocycles. The molecule has 0 bridgehead atoms. The summed E-state index contributed by atoms with van der Waals surface area (Å²) in [6, 6.07) is 2.02. The smallest absolute Gasteiger partial charge is 0.0519 e. The number of H-pyrrole nitrogens is 1. The van der Waals surface area contributed by atoms with E-state index >= 15 is 0 Å². The molecule has 0 aliphatic rings. The van der Waals surface area contributed by atoms with Crippen molar-refractivity contribution in [1.82, 2.24) is 10.2 Å². The summed E-state index contributed by atoms with van der Waals surface area (Å²) in [5, 5.41) is 6.60. The molecular weight excluding hydrogens is 114 g/mol. The summed E-state index contributed by atoms with van der Waals surface area (Å²) >= 11 is 0. The minimum absolute atomic E-state index is 0.118. The van der Waals surface area contributed by atoms with Crippen LogP contribution in [0.4, 0.5) is 0 Å². The van der Waals surface area contributed by atoms with Gasteiger partial charge in [0.15, 0.2) is 0 Å². The first-order valence-electron chi connectivity index (χ1n) is 3.09. The van der Waals surface area contributed by atoms with Crippen molar-refractivity contribution < 1.29 is 0 Å². The van der Waals surface area contributed by atoms with E-state index in [1.807, 2.05) is 13.0 Å². The van der Waals surface area contributed by atoms with Gasteiger partial charge in [-0.25, -0.2) is 0 Å². The van der Waals surface area contributed by atoms with Crippen molar-refractivity contribution in [1.29, 1.82) is 0 Å². The number of hydrogen-bond acceptors (Lipinski definition) is 2. The van der Waals surface area contributed by atoms with Crippen LogP contribution >= 0.6 is 0 Å². The van der Waals surface area contributed by atoms with Crippen molar-refractivity contribution in [2.75, 3.05) is 0 Å². The van der Waals surface area contributed by atoms with E-state index in [-0.39, 0.29) is 6.04 Å². The lowest BCUT2D eigenvalue weighted by molar-refractivity contribution is 0.672. The number of aromatic nitrogens is 2. The Morgan fingerprint density at radius 1 is 1.89 bits per heavy atom. The van der Waals surface area contributed by atoms with Crippen molar-refractivity contribution in [2.24, 2.45) is 5.73 Å². The van der Waals surface area contributed by atoms with Crippen LogP contribution in [0.3, 0.4) is 0 Å². The largest absolute Gasteiger partial charge is 0.323 e. The molecule has 3 nitrogen and oxygen atoms in total. The summed E-state index contributed by atoms with van der Waals surface area (Å²) in [7, 11) is 0. The zero-order valence-corrected chi connectivity index (χ0v) is 5.46. The van der Waals surface area contributed by atoms with Gasteiger partial charge >= 0.3 is 0 Å². The summed E-state index contributed by atoms with van der Waals surface area (Å²) in [6.45, 7) is 2.05. The van der Waals surface area contributed by atoms with Gasteiger partial charge in [0.05, 0.1) is 5.69 Å². The van der Waals surface area contributed by atoms with Crippen LogP contribution in [-0.2, 0) is 0 Å². The molecule has 1 atom stereocenters. The molecule has 3 heteroatoms. The summed E-state index contributed by atoms with van der Waals surface area (Å²) in [5.41, 5.74) is 6.68. The van der Waals surface area contributed by atoms with Gasteiger partial charge < -0.3 is 5.73 Å². The molecule has 0 fully saturated rings. The topological polar surface area (TPSA) is 54.7 Å². The first-order chi connectivity index (χ1) is 4.34. The monoisotopic (exact) mass is 125 g/mol. The predicted octanol–water partition coefficient (Wildman–Crippen LogP) is 0.820. The van der Waals surface area contributed by atoms with Gasteiger partial charge in [-0.15, -0.1) is 0 Å². The minimum Gasteiger partial charge on any atom is -0.323 e. The number of nitrogens with two attached hydrogens (primary N) is 1. The average molecular weight is 125 g/mol. The van der Waals surface area contributed by atoms with Crippen molar-refractivity contribution in [3.63, 3.8) is 0 Å². The number of rotatable bonds is 2. The fourth-order valence-electron chi connectivity index (χ4n) is 0.693. The molecule has 3 N–H and O–H groups in total. The van der Waals surface area contributed by atoms with Gasteiger partial charge in [0.25, 0.3) is 0 Å². The molecule has 0 amide bonds. The zero-order valence-electron chi connectivity index (χ0n) is 5.46. The van der Waals surface area contributed by atoms with Gasteiger partial charge in [0, 0.05) is 12.2 Å². The Morgan fingerprint density at radius 3 is 3.11 bits per heavy atom. The Hall–Kier alpha value is -0.830. The highest BCUT2D eigenvalue weighted by Crippen LogP contribution is 2.07. The summed E-state index contributed by atoms with van der Waals surface area (Å²) in [5.74, 6) is 0. The summed E-state index contributed by atoms with van der Waals surface area (Å²) < 4.78 is 0. The van der Waals surface area contributed by atoms with Crippen molar-refractivity contribution in [2.45, 2.75) is 19.4 Å². The minimum atomic E-state index is 0.118. The Balaban J connectivity index is 2.65. The van der Waals surface area contributed by atoms with E-state index in [0.29, 0.717) is 0 Å². The fraction of sp³-hybridized carbons (Fsp3) is 0.500. The van der Waals surface area contributed by atoms with E-state index in [4.69, 9.17) is 5.73 Å². The number of nitrogens with one attached hydrogen (secondary N) is 1. The SMILES string of the molecule is CCC(N)c1ccn[nH]1. The molecule has 0 aliphatic heterocycles. The molecular formula is C6H11N3. The first-order valence-corrected chi connectivity index (χ1v) is 3.09. The maximum Gasteiger partial charge on any atom is 0.0519 e. The molecule has 1 aromatic heterocycles. The van der Waals surface area contributed by atoms with Crippen molar-refractivity contribution >= 4 is 0 Å². The third-order valence-corrected chi connectivity index (χ3v) is 1.36. The number of nitrogens with zero attached hydrogens (tertiary/aromatic N) is 1. The van der Waals surface area contributed by atoms with Gasteiger partial charge in [-0.05, 0) is 12.5 Å². The van der Waals surface area contributed by atoms with Gasteiger partial charge in [-0.2, -0.15) is 5.10 Å². The lowest BCUT2D eigenvalue weighted by Gasteiger charge is -2.02. The van der Waals surface area contributed by atoms with Crippen LogP contribution < -0.4 is 5.73 Å². The van der Waals surface area contributed by atoms with Crippen molar-refractivity contribution in [3.05, 3.63) is 18.0 Å². The normalized spacial score (nSPS) is 13.6. The van der Waals surface area contributed by atoms with E-state index in [1.54, 1.807) is 6.20 Å². The second-order valence-corrected chi connectivity index (χ2v) is 2.03. The quantitative estimate of drug-likeness (QED) is 0.614. The van der Waals surface area contributed by atoms with Crippen LogP contribution in [0.2, 0.25) is 0 Å². The molecule has 0 saturated carbocycles. The van der Waals surface area contributed by atoms with Crippen LogP contribution in [0.15, 0.2) is 12.3 Å². The summed E-state index contributed by atoms with van der Waals surface area (Å²) in [6.07, 6.45) is 2.66. The molecule has 1 unspecified atom stereocenters. The standard InChI is InChI=1S/C6H11N3/c1-2-5(7)6-3-4-8-9-6/h3-5H,2,7H2,1H3,(H,8,9). The van der Waals surface area contributed by atoms with Gasteiger partial charge in [0.2, 0.25) is 0 Å². The predicted molar refractivity (Wildman–Crippen MR) is 35.8 cm³/mol. The Kier molecular flexibility index (Phi) is 1.85. The van der Waals surface area contributed by atoms with E-state index < -0.39 is 0 Å². The Morgan fingerprint density at radius 2 is 2.67 bits per heavy atom. The van der Waals surface area contributed by atoms with E-state index in [2.05, 4.69) is 10.2 Å². The van der Waals surface area contributed by atoms with Crippen LogP contribution in [0, 0.1) is 0 Å².